The minimum absolute atomic E-state index is 0.112. The van der Waals surface area contributed by atoms with Crippen molar-refractivity contribution in [2.45, 2.75) is 31.5 Å². The number of nitrogens with one attached hydrogen (secondary N) is 1. The lowest BCUT2D eigenvalue weighted by Crippen LogP contribution is -2.45. The van der Waals surface area contributed by atoms with Gasteiger partial charge in [0.25, 0.3) is 0 Å². The molecule has 0 saturated carbocycles. The topological polar surface area (TPSA) is 35.6 Å². The van der Waals surface area contributed by atoms with Crippen LogP contribution in [0.5, 0.6) is 0 Å². The molecule has 0 radical (unpaired) electrons. The Hall–Kier alpha value is -1.86. The zero-order valence-corrected chi connectivity index (χ0v) is 16.2. The number of halogens is 3. The molecule has 1 amide bonds. The summed E-state index contributed by atoms with van der Waals surface area (Å²) in [6, 6.07) is 5.40. The molecule has 1 unspecified atom stereocenters. The number of alkyl halides is 3. The lowest BCUT2D eigenvalue weighted by atomic mass is 9.95. The number of carbonyl (C=O) groups excluding carboxylic acids is 1. The Morgan fingerprint density at radius 3 is 2.68 bits per heavy atom. The van der Waals surface area contributed by atoms with E-state index in [1.165, 1.54) is 12.1 Å². The number of hydrogen-bond acceptors (Lipinski definition) is 3. The second-order valence-electron chi connectivity index (χ2n) is 7.77. The summed E-state index contributed by atoms with van der Waals surface area (Å²) in [6.07, 6.45) is 2.23. The SMILES string of the molecule is CN(CC1CCN(CCc2cccc(C(F)(F)F)c2)CC1)C(=O)C1C=CCN1. The van der Waals surface area contributed by atoms with Gasteiger partial charge in [-0.2, -0.15) is 13.2 Å². The van der Waals surface area contributed by atoms with E-state index < -0.39 is 11.7 Å². The Balaban J connectivity index is 1.41. The van der Waals surface area contributed by atoms with Crippen LogP contribution in [0.1, 0.15) is 24.0 Å². The normalized spacial score (nSPS) is 21.2. The smallest absolute Gasteiger partial charge is 0.344 e. The van der Waals surface area contributed by atoms with Gasteiger partial charge in [-0.25, -0.2) is 0 Å². The van der Waals surface area contributed by atoms with Gasteiger partial charge < -0.3 is 9.80 Å². The maximum absolute atomic E-state index is 12.8. The molecule has 4 nitrogen and oxygen atoms in total. The van der Waals surface area contributed by atoms with Crippen LogP contribution in [0, 0.1) is 5.92 Å². The number of amides is 1. The van der Waals surface area contributed by atoms with Crippen LogP contribution < -0.4 is 5.32 Å². The molecule has 1 fully saturated rings. The second-order valence-corrected chi connectivity index (χ2v) is 7.77. The third-order valence-electron chi connectivity index (χ3n) is 5.64. The maximum Gasteiger partial charge on any atom is 0.416 e. The average molecular weight is 395 g/mol. The van der Waals surface area contributed by atoms with E-state index in [0.29, 0.717) is 12.3 Å². The minimum Gasteiger partial charge on any atom is -0.344 e. The summed E-state index contributed by atoms with van der Waals surface area (Å²) in [7, 11) is 1.86. The van der Waals surface area contributed by atoms with E-state index >= 15 is 0 Å². The third-order valence-corrected chi connectivity index (χ3v) is 5.64. The van der Waals surface area contributed by atoms with Gasteiger partial charge >= 0.3 is 6.18 Å². The number of likely N-dealkylation sites (N-methyl/N-ethyl adjacent to an activating group) is 1. The highest BCUT2D eigenvalue weighted by Gasteiger charge is 2.30. The fourth-order valence-corrected chi connectivity index (χ4v) is 3.93. The van der Waals surface area contributed by atoms with Crippen LogP contribution in [0.4, 0.5) is 13.2 Å². The van der Waals surface area contributed by atoms with Crippen LogP contribution in [0.2, 0.25) is 0 Å². The highest BCUT2D eigenvalue weighted by atomic mass is 19.4. The van der Waals surface area contributed by atoms with Crippen molar-refractivity contribution >= 4 is 5.91 Å². The van der Waals surface area contributed by atoms with E-state index in [0.717, 1.165) is 57.2 Å². The molecule has 0 aromatic heterocycles. The number of likely N-dealkylation sites (tertiary alicyclic amines) is 1. The Bertz CT molecular complexity index is 696. The van der Waals surface area contributed by atoms with Crippen molar-refractivity contribution < 1.29 is 18.0 Å². The predicted octanol–water partition coefficient (Wildman–Crippen LogP) is 2.95. The summed E-state index contributed by atoms with van der Waals surface area (Å²) < 4.78 is 38.5. The zero-order chi connectivity index (χ0) is 20.1. The molecule has 28 heavy (non-hydrogen) atoms. The van der Waals surface area contributed by atoms with Crippen molar-refractivity contribution in [1.82, 2.24) is 15.1 Å². The Morgan fingerprint density at radius 2 is 2.04 bits per heavy atom. The number of hydrogen-bond donors (Lipinski definition) is 1. The first-order chi connectivity index (χ1) is 13.3. The van der Waals surface area contributed by atoms with Crippen molar-refractivity contribution in [3.63, 3.8) is 0 Å². The van der Waals surface area contributed by atoms with Gasteiger partial charge in [0.05, 0.1) is 5.56 Å². The van der Waals surface area contributed by atoms with E-state index in [2.05, 4.69) is 10.2 Å². The molecule has 2 aliphatic rings. The van der Waals surface area contributed by atoms with Gasteiger partial charge in [-0.05, 0) is 49.9 Å². The fraction of sp³-hybridized carbons (Fsp3) is 0.571. The molecular formula is C21H28F3N3O. The molecular weight excluding hydrogens is 367 g/mol. The molecule has 1 aromatic carbocycles. The van der Waals surface area contributed by atoms with E-state index in [1.807, 2.05) is 24.1 Å². The molecule has 0 spiro atoms. The number of piperidine rings is 1. The van der Waals surface area contributed by atoms with Crippen molar-refractivity contribution in [2.75, 3.05) is 39.8 Å². The predicted molar refractivity (Wildman–Crippen MR) is 103 cm³/mol. The van der Waals surface area contributed by atoms with Crippen LogP contribution in [0.15, 0.2) is 36.4 Å². The molecule has 3 rings (SSSR count). The molecule has 1 N–H and O–H groups in total. The fourth-order valence-electron chi connectivity index (χ4n) is 3.93. The molecule has 7 heteroatoms. The van der Waals surface area contributed by atoms with Gasteiger partial charge in [-0.15, -0.1) is 0 Å². The van der Waals surface area contributed by atoms with Crippen molar-refractivity contribution in [2.24, 2.45) is 5.92 Å². The molecule has 1 saturated heterocycles. The first-order valence-electron chi connectivity index (χ1n) is 9.86. The first-order valence-corrected chi connectivity index (χ1v) is 9.86. The summed E-state index contributed by atoms with van der Waals surface area (Å²) in [6.45, 7) is 4.11. The molecule has 0 bridgehead atoms. The van der Waals surface area contributed by atoms with Crippen LogP contribution in [-0.2, 0) is 17.4 Å². The van der Waals surface area contributed by atoms with Crippen molar-refractivity contribution in [1.29, 1.82) is 0 Å². The van der Waals surface area contributed by atoms with Crippen LogP contribution in [-0.4, -0.2) is 61.5 Å². The molecule has 1 atom stereocenters. The van der Waals surface area contributed by atoms with Gasteiger partial charge in [-0.1, -0.05) is 30.4 Å². The Kier molecular flexibility index (Phi) is 6.78. The van der Waals surface area contributed by atoms with Gasteiger partial charge in [-0.3, -0.25) is 10.1 Å². The molecule has 154 valence electrons. The lowest BCUT2D eigenvalue weighted by molar-refractivity contribution is -0.137. The standard InChI is InChI=1S/C21H28F3N3O/c1-26(20(28)19-6-3-10-25-19)15-17-8-12-27(13-9-17)11-7-16-4-2-5-18(14-16)21(22,23)24/h2-6,14,17,19,25H,7-13,15H2,1H3. The van der Waals surface area contributed by atoms with Gasteiger partial charge in [0.15, 0.2) is 0 Å². The van der Waals surface area contributed by atoms with Gasteiger partial charge in [0.2, 0.25) is 5.91 Å². The van der Waals surface area contributed by atoms with Gasteiger partial charge in [0, 0.05) is 26.7 Å². The van der Waals surface area contributed by atoms with E-state index in [1.54, 1.807) is 6.07 Å². The average Bonchev–Trinajstić information content (AvgIpc) is 3.21. The van der Waals surface area contributed by atoms with Crippen molar-refractivity contribution in [3.05, 3.63) is 47.5 Å². The highest BCUT2D eigenvalue weighted by molar-refractivity contribution is 5.84. The Morgan fingerprint density at radius 1 is 1.29 bits per heavy atom. The minimum atomic E-state index is -4.29. The number of rotatable bonds is 6. The van der Waals surface area contributed by atoms with Crippen molar-refractivity contribution in [3.8, 4) is 0 Å². The summed E-state index contributed by atoms with van der Waals surface area (Å²) in [4.78, 5) is 16.5. The van der Waals surface area contributed by atoms with E-state index in [4.69, 9.17) is 0 Å². The second kappa shape index (κ2) is 9.09. The Labute approximate surface area is 164 Å². The number of carbonyl (C=O) groups is 1. The van der Waals surface area contributed by atoms with E-state index in [9.17, 15) is 18.0 Å². The maximum atomic E-state index is 12.8. The summed E-state index contributed by atoms with van der Waals surface area (Å²) in [5.74, 6) is 0.588. The zero-order valence-electron chi connectivity index (χ0n) is 16.2. The summed E-state index contributed by atoms with van der Waals surface area (Å²) in [5.41, 5.74) is 0.141. The lowest BCUT2D eigenvalue weighted by Gasteiger charge is -2.34. The molecule has 2 aliphatic heterocycles. The summed E-state index contributed by atoms with van der Waals surface area (Å²) in [5, 5.41) is 3.15. The molecule has 1 aromatic rings. The summed E-state index contributed by atoms with van der Waals surface area (Å²) >= 11 is 0. The van der Waals surface area contributed by atoms with Crippen LogP contribution in [0.25, 0.3) is 0 Å². The first kappa shape index (κ1) is 20.9. The van der Waals surface area contributed by atoms with Crippen LogP contribution in [0.3, 0.4) is 0 Å². The largest absolute Gasteiger partial charge is 0.416 e. The van der Waals surface area contributed by atoms with Crippen LogP contribution >= 0.6 is 0 Å². The quantitative estimate of drug-likeness (QED) is 0.753. The van der Waals surface area contributed by atoms with E-state index in [-0.39, 0.29) is 11.9 Å². The molecule has 2 heterocycles. The molecule has 0 aliphatic carbocycles. The third kappa shape index (κ3) is 5.58. The number of benzene rings is 1. The number of nitrogens with zero attached hydrogens (tertiary/aromatic N) is 2. The van der Waals surface area contributed by atoms with Gasteiger partial charge in [0.1, 0.15) is 6.04 Å². The monoisotopic (exact) mass is 395 g/mol. The highest BCUT2D eigenvalue weighted by Crippen LogP contribution is 2.29.